The van der Waals surface area contributed by atoms with Crippen LogP contribution in [0.2, 0.25) is 0 Å². The summed E-state index contributed by atoms with van der Waals surface area (Å²) in [6.45, 7) is 1.87. The zero-order valence-electron chi connectivity index (χ0n) is 8.28. The second kappa shape index (κ2) is 4.50. The van der Waals surface area contributed by atoms with E-state index in [1.807, 2.05) is 31.2 Å². The first kappa shape index (κ1) is 10.4. The third-order valence-corrected chi connectivity index (χ3v) is 1.97. The summed E-state index contributed by atoms with van der Waals surface area (Å²) in [7, 11) is 1.61. The van der Waals surface area contributed by atoms with Crippen LogP contribution >= 0.6 is 0 Å². The molecule has 0 aliphatic heterocycles. The van der Waals surface area contributed by atoms with Crippen LogP contribution in [0.25, 0.3) is 0 Å². The van der Waals surface area contributed by atoms with Crippen LogP contribution in [0.3, 0.4) is 0 Å². The minimum absolute atomic E-state index is 0.0848. The number of nitrogens with one attached hydrogen (secondary N) is 1. The number of benzene rings is 1. The lowest BCUT2D eigenvalue weighted by molar-refractivity contribution is 0.246. The molecule has 2 amide bonds. The van der Waals surface area contributed by atoms with Gasteiger partial charge in [0, 0.05) is 0 Å². The van der Waals surface area contributed by atoms with E-state index in [1.165, 1.54) is 0 Å². The molecule has 0 unspecified atom stereocenters. The van der Waals surface area contributed by atoms with Gasteiger partial charge in [-0.2, -0.15) is 0 Å². The lowest BCUT2D eigenvalue weighted by atomic mass is 10.1. The van der Waals surface area contributed by atoms with Crippen molar-refractivity contribution in [3.8, 4) is 5.75 Å². The molecule has 0 saturated heterocycles. The zero-order chi connectivity index (χ0) is 10.6. The van der Waals surface area contributed by atoms with Crippen LogP contribution in [0.15, 0.2) is 24.3 Å². The molecule has 0 aromatic heterocycles. The maximum atomic E-state index is 10.6. The van der Waals surface area contributed by atoms with Crippen molar-refractivity contribution in [2.45, 2.75) is 13.0 Å². The number of primary amides is 1. The maximum Gasteiger partial charge on any atom is 0.312 e. The number of carbonyl (C=O) groups is 1. The Kier molecular flexibility index (Phi) is 3.34. The molecule has 0 heterocycles. The summed E-state index contributed by atoms with van der Waals surface area (Å²) < 4.78 is 5.02. The highest BCUT2D eigenvalue weighted by Crippen LogP contribution is 2.16. The van der Waals surface area contributed by atoms with Gasteiger partial charge in [-0.25, -0.2) is 4.79 Å². The molecular weight excluding hydrogens is 180 g/mol. The van der Waals surface area contributed by atoms with Gasteiger partial charge in [0.15, 0.2) is 0 Å². The molecule has 1 rings (SSSR count). The molecule has 1 atom stereocenters. The molecule has 0 aliphatic carbocycles. The molecule has 0 saturated carbocycles. The van der Waals surface area contributed by atoms with Crippen LogP contribution in [-0.2, 0) is 0 Å². The van der Waals surface area contributed by atoms with E-state index in [9.17, 15) is 4.79 Å². The number of rotatable bonds is 3. The minimum Gasteiger partial charge on any atom is -0.497 e. The quantitative estimate of drug-likeness (QED) is 0.764. The van der Waals surface area contributed by atoms with Crippen molar-refractivity contribution in [3.05, 3.63) is 29.8 Å². The van der Waals surface area contributed by atoms with Gasteiger partial charge in [0.2, 0.25) is 0 Å². The van der Waals surface area contributed by atoms with Crippen LogP contribution in [0, 0.1) is 0 Å². The number of carbonyl (C=O) groups excluding carboxylic acids is 1. The molecule has 4 heteroatoms. The van der Waals surface area contributed by atoms with Gasteiger partial charge < -0.3 is 15.8 Å². The SMILES string of the molecule is COc1ccc([C@@H](C)NC(N)=O)cc1. The average Bonchev–Trinajstić information content (AvgIpc) is 2.17. The summed E-state index contributed by atoms with van der Waals surface area (Å²) in [6.07, 6.45) is 0. The topological polar surface area (TPSA) is 64.3 Å². The molecule has 14 heavy (non-hydrogen) atoms. The van der Waals surface area contributed by atoms with E-state index in [0.29, 0.717) is 0 Å². The van der Waals surface area contributed by atoms with Crippen LogP contribution < -0.4 is 15.8 Å². The average molecular weight is 194 g/mol. The number of ether oxygens (including phenoxy) is 1. The summed E-state index contributed by atoms with van der Waals surface area (Å²) in [6, 6.07) is 6.86. The van der Waals surface area contributed by atoms with Gasteiger partial charge in [-0.1, -0.05) is 12.1 Å². The van der Waals surface area contributed by atoms with Crippen molar-refractivity contribution in [3.63, 3.8) is 0 Å². The molecule has 0 radical (unpaired) electrons. The number of amides is 2. The molecule has 0 fully saturated rings. The first-order chi connectivity index (χ1) is 6.63. The van der Waals surface area contributed by atoms with Crippen molar-refractivity contribution < 1.29 is 9.53 Å². The van der Waals surface area contributed by atoms with E-state index in [2.05, 4.69) is 5.32 Å². The summed E-state index contributed by atoms with van der Waals surface area (Å²) >= 11 is 0. The van der Waals surface area contributed by atoms with Crippen molar-refractivity contribution >= 4 is 6.03 Å². The number of methoxy groups -OCH3 is 1. The third-order valence-electron chi connectivity index (χ3n) is 1.97. The Labute approximate surface area is 83.1 Å². The Bertz CT molecular complexity index is 308. The first-order valence-electron chi connectivity index (χ1n) is 4.33. The predicted octanol–water partition coefficient (Wildman–Crippen LogP) is 1.42. The van der Waals surface area contributed by atoms with Crippen LogP contribution in [-0.4, -0.2) is 13.1 Å². The molecule has 1 aromatic carbocycles. The minimum atomic E-state index is -0.520. The Morgan fingerprint density at radius 1 is 1.43 bits per heavy atom. The second-order valence-electron chi connectivity index (χ2n) is 3.00. The van der Waals surface area contributed by atoms with E-state index in [4.69, 9.17) is 10.5 Å². The van der Waals surface area contributed by atoms with Gasteiger partial charge >= 0.3 is 6.03 Å². The van der Waals surface area contributed by atoms with Crippen LogP contribution in [0.1, 0.15) is 18.5 Å². The largest absolute Gasteiger partial charge is 0.497 e. The Morgan fingerprint density at radius 2 is 2.00 bits per heavy atom. The van der Waals surface area contributed by atoms with Gasteiger partial charge in [0.05, 0.1) is 13.2 Å². The van der Waals surface area contributed by atoms with E-state index in [0.717, 1.165) is 11.3 Å². The van der Waals surface area contributed by atoms with Crippen molar-refractivity contribution in [1.82, 2.24) is 5.32 Å². The molecule has 0 bridgehead atoms. The van der Waals surface area contributed by atoms with Crippen molar-refractivity contribution in [1.29, 1.82) is 0 Å². The molecule has 0 aliphatic rings. The van der Waals surface area contributed by atoms with Gasteiger partial charge in [-0.15, -0.1) is 0 Å². The number of nitrogens with two attached hydrogens (primary N) is 1. The van der Waals surface area contributed by atoms with Gasteiger partial charge in [-0.05, 0) is 24.6 Å². The maximum absolute atomic E-state index is 10.6. The monoisotopic (exact) mass is 194 g/mol. The second-order valence-corrected chi connectivity index (χ2v) is 3.00. The fourth-order valence-corrected chi connectivity index (χ4v) is 1.19. The van der Waals surface area contributed by atoms with E-state index >= 15 is 0 Å². The summed E-state index contributed by atoms with van der Waals surface area (Å²) in [5, 5.41) is 2.59. The summed E-state index contributed by atoms with van der Waals surface area (Å²) in [5.41, 5.74) is 6.00. The van der Waals surface area contributed by atoms with E-state index in [1.54, 1.807) is 7.11 Å². The fraction of sp³-hybridized carbons (Fsp3) is 0.300. The molecular formula is C10H14N2O2. The van der Waals surface area contributed by atoms with Crippen LogP contribution in [0.4, 0.5) is 4.79 Å². The smallest absolute Gasteiger partial charge is 0.312 e. The first-order valence-corrected chi connectivity index (χ1v) is 4.33. The standard InChI is InChI=1S/C10H14N2O2/c1-7(12-10(11)13)8-3-5-9(14-2)6-4-8/h3-7H,1-2H3,(H3,11,12,13)/t7-/m1/s1. The van der Waals surface area contributed by atoms with E-state index in [-0.39, 0.29) is 6.04 Å². The summed E-state index contributed by atoms with van der Waals surface area (Å²) in [4.78, 5) is 10.6. The van der Waals surface area contributed by atoms with Gasteiger partial charge in [0.25, 0.3) is 0 Å². The van der Waals surface area contributed by atoms with Crippen molar-refractivity contribution in [2.24, 2.45) is 5.73 Å². The van der Waals surface area contributed by atoms with Crippen LogP contribution in [0.5, 0.6) is 5.75 Å². The third kappa shape index (κ3) is 2.65. The molecule has 0 spiro atoms. The highest BCUT2D eigenvalue weighted by molar-refractivity contribution is 5.72. The van der Waals surface area contributed by atoms with Crippen molar-refractivity contribution in [2.75, 3.05) is 7.11 Å². The number of hydrogen-bond donors (Lipinski definition) is 2. The van der Waals surface area contributed by atoms with E-state index < -0.39 is 6.03 Å². The molecule has 3 N–H and O–H groups in total. The predicted molar refractivity (Wildman–Crippen MR) is 54.1 cm³/mol. The van der Waals surface area contributed by atoms with Gasteiger partial charge in [-0.3, -0.25) is 0 Å². The lowest BCUT2D eigenvalue weighted by Crippen LogP contribution is -2.31. The number of hydrogen-bond acceptors (Lipinski definition) is 2. The molecule has 1 aromatic rings. The Balaban J connectivity index is 2.71. The Hall–Kier alpha value is -1.71. The fourth-order valence-electron chi connectivity index (χ4n) is 1.19. The summed E-state index contributed by atoms with van der Waals surface area (Å²) in [5.74, 6) is 0.792. The highest BCUT2D eigenvalue weighted by atomic mass is 16.5. The molecule has 4 nitrogen and oxygen atoms in total. The highest BCUT2D eigenvalue weighted by Gasteiger charge is 2.06. The lowest BCUT2D eigenvalue weighted by Gasteiger charge is -2.12. The Morgan fingerprint density at radius 3 is 2.43 bits per heavy atom. The molecule has 76 valence electrons. The van der Waals surface area contributed by atoms with Gasteiger partial charge in [0.1, 0.15) is 5.75 Å². The zero-order valence-corrected chi connectivity index (χ0v) is 8.28. The normalized spacial score (nSPS) is 11.9. The number of urea groups is 1.